The fraction of sp³-hybridized carbons (Fsp3) is 0.316. The molecule has 2 aromatic heterocycles. The number of likely N-dealkylation sites (tertiary alicyclic amines) is 1. The molecule has 1 aliphatic heterocycles. The van der Waals surface area contributed by atoms with E-state index in [9.17, 15) is 0 Å². The summed E-state index contributed by atoms with van der Waals surface area (Å²) in [6.07, 6.45) is 4.30. The molecule has 1 fully saturated rings. The number of benzene rings is 1. The lowest BCUT2D eigenvalue weighted by Crippen LogP contribution is -2.18. The number of rotatable bonds is 2. The van der Waals surface area contributed by atoms with Crippen molar-refractivity contribution >= 4 is 22.6 Å². The van der Waals surface area contributed by atoms with E-state index < -0.39 is 0 Å². The first-order valence-electron chi connectivity index (χ1n) is 7.99. The Bertz CT molecular complexity index is 838. The predicted molar refractivity (Wildman–Crippen MR) is 93.8 cm³/mol. The Morgan fingerprint density at radius 3 is 2.87 bits per heavy atom. The molecule has 4 heteroatoms. The van der Waals surface area contributed by atoms with Gasteiger partial charge < -0.3 is 4.42 Å². The quantitative estimate of drug-likeness (QED) is 0.646. The number of aromatic nitrogens is 1. The number of aryl methyl sites for hydroxylation is 1. The molecule has 0 unspecified atom stereocenters. The summed E-state index contributed by atoms with van der Waals surface area (Å²) in [6.45, 7) is 3.05. The van der Waals surface area contributed by atoms with Crippen molar-refractivity contribution in [3.8, 4) is 11.3 Å². The molecule has 1 atom stereocenters. The van der Waals surface area contributed by atoms with Gasteiger partial charge >= 0.3 is 0 Å². The normalized spacial score (nSPS) is 18.8. The van der Waals surface area contributed by atoms with Gasteiger partial charge in [-0.05, 0) is 45.5 Å². The second-order valence-electron chi connectivity index (χ2n) is 6.28. The van der Waals surface area contributed by atoms with E-state index >= 15 is 0 Å². The number of hydrogen-bond donors (Lipinski definition) is 0. The maximum Gasteiger partial charge on any atom is 0.137 e. The summed E-state index contributed by atoms with van der Waals surface area (Å²) in [6, 6.07) is 10.5. The van der Waals surface area contributed by atoms with Crippen molar-refractivity contribution in [1.82, 2.24) is 9.88 Å². The maximum atomic E-state index is 6.65. The van der Waals surface area contributed by atoms with E-state index in [-0.39, 0.29) is 0 Å². The van der Waals surface area contributed by atoms with Gasteiger partial charge in [-0.25, -0.2) is 0 Å². The summed E-state index contributed by atoms with van der Waals surface area (Å²) < 4.78 is 6.09. The fourth-order valence-electron chi connectivity index (χ4n) is 3.51. The van der Waals surface area contributed by atoms with Crippen molar-refractivity contribution in [3.05, 3.63) is 52.8 Å². The van der Waals surface area contributed by atoms with E-state index in [2.05, 4.69) is 29.1 Å². The van der Waals surface area contributed by atoms with Gasteiger partial charge in [-0.3, -0.25) is 9.88 Å². The average molecular weight is 327 g/mol. The monoisotopic (exact) mass is 326 g/mol. The topological polar surface area (TPSA) is 29.3 Å². The van der Waals surface area contributed by atoms with Crippen molar-refractivity contribution in [2.45, 2.75) is 25.8 Å². The molecule has 1 aromatic carbocycles. The molecular formula is C19H19ClN2O. The van der Waals surface area contributed by atoms with Crippen molar-refractivity contribution < 1.29 is 4.42 Å². The molecule has 1 aliphatic rings. The zero-order valence-corrected chi connectivity index (χ0v) is 14.1. The third kappa shape index (κ3) is 2.44. The number of nitrogens with zero attached hydrogens (tertiary/aromatic N) is 2. The highest BCUT2D eigenvalue weighted by molar-refractivity contribution is 6.34. The minimum absolute atomic E-state index is 0.351. The first-order valence-corrected chi connectivity index (χ1v) is 8.37. The van der Waals surface area contributed by atoms with Gasteiger partial charge in [-0.2, -0.15) is 0 Å². The fourth-order valence-corrected chi connectivity index (χ4v) is 3.76. The second kappa shape index (κ2) is 5.66. The van der Waals surface area contributed by atoms with Crippen molar-refractivity contribution in [3.63, 3.8) is 0 Å². The van der Waals surface area contributed by atoms with Crippen LogP contribution in [-0.4, -0.2) is 23.5 Å². The molecule has 4 rings (SSSR count). The van der Waals surface area contributed by atoms with E-state index in [4.69, 9.17) is 16.0 Å². The van der Waals surface area contributed by atoms with Gasteiger partial charge in [-0.15, -0.1) is 0 Å². The van der Waals surface area contributed by atoms with Crippen molar-refractivity contribution in [1.29, 1.82) is 0 Å². The van der Waals surface area contributed by atoms with Crippen LogP contribution >= 0.6 is 11.6 Å². The van der Waals surface area contributed by atoms with Crippen LogP contribution in [0.25, 0.3) is 22.3 Å². The Hall–Kier alpha value is -1.84. The largest absolute Gasteiger partial charge is 0.456 e. The number of pyridine rings is 1. The van der Waals surface area contributed by atoms with Gasteiger partial charge in [-0.1, -0.05) is 29.8 Å². The molecule has 3 aromatic rings. The van der Waals surface area contributed by atoms with Gasteiger partial charge in [0.05, 0.1) is 10.7 Å². The maximum absolute atomic E-state index is 6.65. The molecule has 0 N–H and O–H groups in total. The van der Waals surface area contributed by atoms with Gasteiger partial charge in [0.1, 0.15) is 11.3 Å². The zero-order chi connectivity index (χ0) is 16.0. The number of para-hydroxylation sites is 1. The van der Waals surface area contributed by atoms with E-state index in [0.29, 0.717) is 11.1 Å². The Balaban J connectivity index is 1.93. The molecule has 0 amide bonds. The number of fused-ring (bicyclic) bond motifs is 1. The van der Waals surface area contributed by atoms with Gasteiger partial charge in [0.25, 0.3) is 0 Å². The highest BCUT2D eigenvalue weighted by Crippen LogP contribution is 2.42. The molecule has 3 nitrogen and oxygen atoms in total. The molecular weight excluding hydrogens is 308 g/mol. The molecule has 0 spiro atoms. The number of halogens is 1. The summed E-state index contributed by atoms with van der Waals surface area (Å²) in [7, 11) is 2.16. The molecule has 118 valence electrons. The Kier molecular flexibility index (Phi) is 3.63. The predicted octanol–water partition coefficient (Wildman–Crippen LogP) is 5.22. The van der Waals surface area contributed by atoms with Crippen LogP contribution in [0.2, 0.25) is 5.02 Å². The zero-order valence-electron chi connectivity index (χ0n) is 13.3. The van der Waals surface area contributed by atoms with E-state index in [1.165, 1.54) is 12.0 Å². The minimum Gasteiger partial charge on any atom is -0.456 e. The van der Waals surface area contributed by atoms with Crippen LogP contribution in [0.1, 0.15) is 30.1 Å². The third-order valence-corrected chi connectivity index (χ3v) is 5.24. The molecule has 0 saturated carbocycles. The summed E-state index contributed by atoms with van der Waals surface area (Å²) in [4.78, 5) is 6.87. The second-order valence-corrected chi connectivity index (χ2v) is 6.65. The van der Waals surface area contributed by atoms with Crippen LogP contribution in [0.15, 0.2) is 40.9 Å². The highest BCUT2D eigenvalue weighted by atomic mass is 35.5. The first-order chi connectivity index (χ1) is 11.1. The standard InChI is InChI=1S/C19H19ClN2O/c1-12-19(20)18(14(11-21-12)15-7-5-9-22(15)2)17-10-13-6-3-4-8-16(13)23-17/h3-4,6,8,10-11,15H,5,7,9H2,1-2H3/t15-/m0/s1. The SMILES string of the molecule is Cc1ncc([C@@H]2CCCN2C)c(-c2cc3ccccc3o2)c1Cl. The molecule has 1 saturated heterocycles. The molecule has 23 heavy (non-hydrogen) atoms. The van der Waals surface area contributed by atoms with Crippen LogP contribution in [0.4, 0.5) is 0 Å². The summed E-state index contributed by atoms with van der Waals surface area (Å²) in [5.41, 5.74) is 3.89. The van der Waals surface area contributed by atoms with Gasteiger partial charge in [0.2, 0.25) is 0 Å². The van der Waals surface area contributed by atoms with Crippen molar-refractivity contribution in [2.75, 3.05) is 13.6 Å². The van der Waals surface area contributed by atoms with Crippen LogP contribution in [0.3, 0.4) is 0 Å². The van der Waals surface area contributed by atoms with Crippen molar-refractivity contribution in [2.24, 2.45) is 0 Å². The lowest BCUT2D eigenvalue weighted by atomic mass is 9.98. The minimum atomic E-state index is 0.351. The van der Waals surface area contributed by atoms with E-state index in [1.54, 1.807) is 0 Å². The summed E-state index contributed by atoms with van der Waals surface area (Å²) >= 11 is 6.65. The number of furan rings is 1. The molecule has 0 radical (unpaired) electrons. The molecule has 3 heterocycles. The lowest BCUT2D eigenvalue weighted by Gasteiger charge is -2.22. The Morgan fingerprint density at radius 1 is 1.30 bits per heavy atom. The third-order valence-electron chi connectivity index (χ3n) is 4.77. The van der Waals surface area contributed by atoms with Gasteiger partial charge in [0.15, 0.2) is 0 Å². The Morgan fingerprint density at radius 2 is 2.13 bits per heavy atom. The molecule has 0 aliphatic carbocycles. The Labute approximate surface area is 140 Å². The summed E-state index contributed by atoms with van der Waals surface area (Å²) in [5.74, 6) is 0.831. The summed E-state index contributed by atoms with van der Waals surface area (Å²) in [5, 5.41) is 1.79. The van der Waals surface area contributed by atoms with Crippen LogP contribution in [0.5, 0.6) is 0 Å². The lowest BCUT2D eigenvalue weighted by molar-refractivity contribution is 0.317. The first kappa shape index (κ1) is 14.7. The average Bonchev–Trinajstić information content (AvgIpc) is 3.15. The van der Waals surface area contributed by atoms with Crippen LogP contribution < -0.4 is 0 Å². The van der Waals surface area contributed by atoms with Gasteiger partial charge in [0, 0.05) is 28.8 Å². The molecule has 0 bridgehead atoms. The van der Waals surface area contributed by atoms with E-state index in [1.807, 2.05) is 31.3 Å². The van der Waals surface area contributed by atoms with Crippen LogP contribution in [0, 0.1) is 6.92 Å². The number of hydrogen-bond acceptors (Lipinski definition) is 3. The van der Waals surface area contributed by atoms with Crippen LogP contribution in [-0.2, 0) is 0 Å². The highest BCUT2D eigenvalue weighted by Gasteiger charge is 2.28. The smallest absolute Gasteiger partial charge is 0.137 e. The van der Waals surface area contributed by atoms with E-state index in [0.717, 1.165) is 41.0 Å².